The van der Waals surface area contributed by atoms with Crippen LogP contribution >= 0.6 is 0 Å². The lowest BCUT2D eigenvalue weighted by molar-refractivity contribution is -0.153. The fraction of sp³-hybridized carbons (Fsp3) is 0.222. The first-order valence-electron chi connectivity index (χ1n) is 4.18. The molecule has 0 rings (SSSR count). The summed E-state index contributed by atoms with van der Waals surface area (Å²) in [5.41, 5.74) is 1.67. The molecule has 1 amide bonds. The van der Waals surface area contributed by atoms with E-state index in [-0.39, 0.29) is 6.61 Å². The van der Waals surface area contributed by atoms with Crippen molar-refractivity contribution in [2.45, 2.75) is 6.92 Å². The van der Waals surface area contributed by atoms with Gasteiger partial charge in [0.2, 0.25) is 5.76 Å². The van der Waals surface area contributed by atoms with Crippen molar-refractivity contribution in [1.82, 2.24) is 5.48 Å². The minimum atomic E-state index is -1.12. The number of carbonyl (C=O) groups excluding carboxylic acids is 3. The molecule has 0 fully saturated rings. The Hall–Kier alpha value is -2.31. The molecule has 0 aliphatic heterocycles. The molecule has 0 heterocycles. The third-order valence-electron chi connectivity index (χ3n) is 1.12. The molecule has 0 spiro atoms. The van der Waals surface area contributed by atoms with Crippen LogP contribution in [0.15, 0.2) is 25.0 Å². The molecule has 7 heteroatoms. The molecule has 0 saturated carbocycles. The van der Waals surface area contributed by atoms with Crippen LogP contribution in [0.5, 0.6) is 0 Å². The Kier molecular flexibility index (Phi) is 6.03. The molecular weight excluding hydrogens is 218 g/mol. The van der Waals surface area contributed by atoms with Crippen molar-refractivity contribution < 1.29 is 28.7 Å². The summed E-state index contributed by atoms with van der Waals surface area (Å²) in [5, 5.41) is 0. The average molecular weight is 229 g/mol. The van der Waals surface area contributed by atoms with Crippen LogP contribution in [0.25, 0.3) is 0 Å². The third kappa shape index (κ3) is 5.43. The molecule has 0 aliphatic carbocycles. The van der Waals surface area contributed by atoms with Crippen LogP contribution in [0, 0.1) is 0 Å². The maximum absolute atomic E-state index is 11.0. The van der Waals surface area contributed by atoms with Crippen molar-refractivity contribution in [2.24, 2.45) is 0 Å². The second-order valence-electron chi connectivity index (χ2n) is 2.26. The van der Waals surface area contributed by atoms with E-state index >= 15 is 0 Å². The molecule has 16 heavy (non-hydrogen) atoms. The van der Waals surface area contributed by atoms with Gasteiger partial charge in [0.15, 0.2) is 0 Å². The Morgan fingerprint density at radius 1 is 1.38 bits per heavy atom. The molecule has 0 saturated heterocycles. The second-order valence-corrected chi connectivity index (χ2v) is 2.26. The number of ether oxygens (including phenoxy) is 2. The predicted octanol–water partition coefficient (Wildman–Crippen LogP) is 0.434. The van der Waals surface area contributed by atoms with E-state index in [0.717, 1.165) is 6.08 Å². The number of amides is 1. The fourth-order valence-electron chi connectivity index (χ4n) is 0.510. The SMILES string of the molecule is C=CC(=O)OC(=C)C(=O)ONC(=O)OCC. The minimum Gasteiger partial charge on any atom is -0.448 e. The van der Waals surface area contributed by atoms with Crippen molar-refractivity contribution in [3.05, 3.63) is 25.0 Å². The average Bonchev–Trinajstić information content (AvgIpc) is 2.25. The normalized spacial score (nSPS) is 8.56. The zero-order valence-electron chi connectivity index (χ0n) is 8.65. The van der Waals surface area contributed by atoms with Crippen LogP contribution in [0.4, 0.5) is 4.79 Å². The molecule has 0 aromatic rings. The van der Waals surface area contributed by atoms with Gasteiger partial charge in [-0.3, -0.25) is 0 Å². The highest BCUT2D eigenvalue weighted by atomic mass is 16.7. The van der Waals surface area contributed by atoms with Gasteiger partial charge in [-0.05, 0) is 13.5 Å². The van der Waals surface area contributed by atoms with Gasteiger partial charge in [-0.25, -0.2) is 14.4 Å². The Morgan fingerprint density at radius 2 is 2.00 bits per heavy atom. The highest BCUT2D eigenvalue weighted by Gasteiger charge is 2.14. The monoisotopic (exact) mass is 229 g/mol. The van der Waals surface area contributed by atoms with Gasteiger partial charge in [-0.2, -0.15) is 0 Å². The summed E-state index contributed by atoms with van der Waals surface area (Å²) in [6.45, 7) is 7.92. The van der Waals surface area contributed by atoms with E-state index in [2.05, 4.69) is 27.5 Å². The standard InChI is InChI=1S/C9H11NO6/c1-4-7(11)15-6(3)8(12)16-10-9(13)14-5-2/h4H,1,3,5H2,2H3,(H,10,13). The maximum Gasteiger partial charge on any atom is 0.440 e. The van der Waals surface area contributed by atoms with Gasteiger partial charge in [-0.1, -0.05) is 6.58 Å². The zero-order valence-corrected chi connectivity index (χ0v) is 8.65. The van der Waals surface area contributed by atoms with Crippen molar-refractivity contribution >= 4 is 18.0 Å². The summed E-state index contributed by atoms with van der Waals surface area (Å²) in [6.07, 6.45) is -0.101. The number of nitrogens with one attached hydrogen (secondary N) is 1. The summed E-state index contributed by atoms with van der Waals surface area (Å²) in [6, 6.07) is 0. The van der Waals surface area contributed by atoms with E-state index in [9.17, 15) is 14.4 Å². The molecule has 0 bridgehead atoms. The number of hydrogen-bond acceptors (Lipinski definition) is 6. The molecule has 7 nitrogen and oxygen atoms in total. The quantitative estimate of drug-likeness (QED) is 0.247. The Bertz CT molecular complexity index is 322. The summed E-state index contributed by atoms with van der Waals surface area (Å²) in [4.78, 5) is 36.5. The van der Waals surface area contributed by atoms with E-state index in [1.807, 2.05) is 0 Å². The van der Waals surface area contributed by atoms with Crippen LogP contribution in [0.1, 0.15) is 6.92 Å². The van der Waals surface area contributed by atoms with Crippen LogP contribution in [-0.2, 0) is 23.9 Å². The van der Waals surface area contributed by atoms with Crippen molar-refractivity contribution in [1.29, 1.82) is 0 Å². The van der Waals surface area contributed by atoms with Gasteiger partial charge in [0.1, 0.15) is 0 Å². The van der Waals surface area contributed by atoms with Crippen LogP contribution < -0.4 is 5.48 Å². The number of esters is 1. The van der Waals surface area contributed by atoms with E-state index < -0.39 is 23.8 Å². The van der Waals surface area contributed by atoms with Gasteiger partial charge < -0.3 is 14.3 Å². The second kappa shape index (κ2) is 7.04. The highest BCUT2D eigenvalue weighted by molar-refractivity contribution is 5.91. The van der Waals surface area contributed by atoms with Gasteiger partial charge in [-0.15, -0.1) is 5.48 Å². The summed E-state index contributed by atoms with van der Waals surface area (Å²) in [7, 11) is 0. The largest absolute Gasteiger partial charge is 0.448 e. The minimum absolute atomic E-state index is 0.121. The lowest BCUT2D eigenvalue weighted by Crippen LogP contribution is -2.29. The topological polar surface area (TPSA) is 90.9 Å². The summed E-state index contributed by atoms with van der Waals surface area (Å²) >= 11 is 0. The number of rotatable bonds is 4. The first-order valence-corrected chi connectivity index (χ1v) is 4.18. The Morgan fingerprint density at radius 3 is 2.50 bits per heavy atom. The summed E-state index contributed by atoms with van der Waals surface area (Å²) < 4.78 is 8.73. The van der Waals surface area contributed by atoms with E-state index in [1.165, 1.54) is 0 Å². The Balaban J connectivity index is 3.97. The maximum atomic E-state index is 11.0. The Labute approximate surface area is 91.6 Å². The molecule has 0 aromatic carbocycles. The molecule has 88 valence electrons. The van der Waals surface area contributed by atoms with Crippen molar-refractivity contribution in [3.63, 3.8) is 0 Å². The smallest absolute Gasteiger partial charge is 0.440 e. The van der Waals surface area contributed by atoms with Crippen molar-refractivity contribution in [2.75, 3.05) is 6.61 Å². The van der Waals surface area contributed by atoms with E-state index in [1.54, 1.807) is 12.4 Å². The first-order chi connectivity index (χ1) is 7.51. The van der Waals surface area contributed by atoms with Gasteiger partial charge in [0, 0.05) is 6.08 Å². The predicted molar refractivity (Wildman–Crippen MR) is 51.7 cm³/mol. The van der Waals surface area contributed by atoms with Gasteiger partial charge >= 0.3 is 18.0 Å². The number of hydrogen-bond donors (Lipinski definition) is 1. The lowest BCUT2D eigenvalue weighted by atomic mass is 10.5. The number of hydroxylamine groups is 1. The summed E-state index contributed by atoms with van der Waals surface area (Å²) in [5.74, 6) is -2.57. The van der Waals surface area contributed by atoms with E-state index in [4.69, 9.17) is 0 Å². The molecule has 0 aromatic heterocycles. The van der Waals surface area contributed by atoms with Gasteiger partial charge in [0.25, 0.3) is 0 Å². The molecule has 0 unspecified atom stereocenters. The molecule has 1 N–H and O–H groups in total. The highest BCUT2D eigenvalue weighted by Crippen LogP contribution is 1.97. The third-order valence-corrected chi connectivity index (χ3v) is 1.12. The van der Waals surface area contributed by atoms with E-state index in [0.29, 0.717) is 0 Å². The zero-order chi connectivity index (χ0) is 12.6. The van der Waals surface area contributed by atoms with Gasteiger partial charge in [0.05, 0.1) is 6.61 Å². The van der Waals surface area contributed by atoms with Crippen LogP contribution in [-0.4, -0.2) is 24.6 Å². The lowest BCUT2D eigenvalue weighted by Gasteiger charge is -2.06. The number of carbonyl (C=O) groups is 3. The molecule has 0 radical (unpaired) electrons. The molecular formula is C9H11NO6. The van der Waals surface area contributed by atoms with Crippen molar-refractivity contribution in [3.8, 4) is 0 Å². The molecule has 0 atom stereocenters. The van der Waals surface area contributed by atoms with Crippen LogP contribution in [0.3, 0.4) is 0 Å². The fourth-order valence-corrected chi connectivity index (χ4v) is 0.510. The first kappa shape index (κ1) is 13.7. The molecule has 0 aliphatic rings. The van der Waals surface area contributed by atoms with Crippen LogP contribution in [0.2, 0.25) is 0 Å².